The first-order valence-corrected chi connectivity index (χ1v) is 13.0. The van der Waals surface area contributed by atoms with Crippen LogP contribution in [0.25, 0.3) is 21.6 Å². The normalized spacial score (nSPS) is 15.7. The fourth-order valence-electron chi connectivity index (χ4n) is 4.68. The molecule has 35 heavy (non-hydrogen) atoms. The molecule has 0 fully saturated rings. The number of fused-ring (bicyclic) bond motifs is 3. The van der Waals surface area contributed by atoms with E-state index in [1.165, 1.54) is 16.0 Å². The second-order valence-corrected chi connectivity index (χ2v) is 11.6. The first-order valence-electron chi connectivity index (χ1n) is 12.2. The smallest absolute Gasteiger partial charge is 0.260 e. The van der Waals surface area contributed by atoms with E-state index in [1.54, 1.807) is 18.4 Å². The maximum absolute atomic E-state index is 13.0. The number of ether oxygens (including phenoxy) is 2. The molecule has 1 N–H and O–H groups in total. The molecule has 0 aliphatic heterocycles. The van der Waals surface area contributed by atoms with Crippen LogP contribution in [0.2, 0.25) is 0 Å². The standard InChI is InChI=1S/C29H32N2O3S/c1-17-6-12-21-24(14-17)35-28-25(21)27(32)30-26(31-28)19-9-13-22(23(15-19)33-5)34-16-18-7-10-20(11-8-18)29(2,3)4/h7-11,13,15,17H,6,12,14,16H2,1-5H3,(H,30,31,32). The third kappa shape index (κ3) is 4.72. The van der Waals surface area contributed by atoms with Gasteiger partial charge < -0.3 is 14.5 Å². The topological polar surface area (TPSA) is 64.2 Å². The summed E-state index contributed by atoms with van der Waals surface area (Å²) in [7, 11) is 1.62. The van der Waals surface area contributed by atoms with Crippen LogP contribution in [-0.4, -0.2) is 17.1 Å². The number of nitrogens with one attached hydrogen (secondary N) is 1. The van der Waals surface area contributed by atoms with Crippen LogP contribution in [0.1, 0.15) is 55.7 Å². The van der Waals surface area contributed by atoms with E-state index in [2.05, 4.69) is 56.9 Å². The zero-order chi connectivity index (χ0) is 24.7. The molecule has 182 valence electrons. The van der Waals surface area contributed by atoms with E-state index in [-0.39, 0.29) is 11.0 Å². The molecule has 1 aliphatic carbocycles. The van der Waals surface area contributed by atoms with Crippen LogP contribution < -0.4 is 15.0 Å². The number of aromatic amines is 1. The fraction of sp³-hybridized carbons (Fsp3) is 0.379. The Morgan fingerprint density at radius 2 is 1.89 bits per heavy atom. The molecule has 0 amide bonds. The number of rotatable bonds is 5. The number of H-pyrrole nitrogens is 1. The number of hydrogen-bond donors (Lipinski definition) is 1. The van der Waals surface area contributed by atoms with E-state index in [4.69, 9.17) is 14.5 Å². The molecule has 0 saturated heterocycles. The lowest BCUT2D eigenvalue weighted by Gasteiger charge is -2.19. The van der Waals surface area contributed by atoms with E-state index >= 15 is 0 Å². The third-order valence-corrected chi connectivity index (χ3v) is 7.97. The molecular weight excluding hydrogens is 456 g/mol. The van der Waals surface area contributed by atoms with Gasteiger partial charge in [0, 0.05) is 10.4 Å². The van der Waals surface area contributed by atoms with Crippen molar-refractivity contribution in [3.63, 3.8) is 0 Å². The van der Waals surface area contributed by atoms with Crippen LogP contribution >= 0.6 is 11.3 Å². The van der Waals surface area contributed by atoms with Crippen molar-refractivity contribution < 1.29 is 9.47 Å². The van der Waals surface area contributed by atoms with Crippen molar-refractivity contribution in [1.29, 1.82) is 0 Å². The van der Waals surface area contributed by atoms with Gasteiger partial charge in [-0.25, -0.2) is 4.98 Å². The number of aromatic nitrogens is 2. The van der Waals surface area contributed by atoms with Gasteiger partial charge in [-0.05, 0) is 65.5 Å². The quantitative estimate of drug-likeness (QED) is 0.341. The minimum Gasteiger partial charge on any atom is -0.493 e. The van der Waals surface area contributed by atoms with Crippen LogP contribution in [0, 0.1) is 5.92 Å². The molecule has 5 rings (SSSR count). The van der Waals surface area contributed by atoms with Gasteiger partial charge in [0.05, 0.1) is 12.5 Å². The van der Waals surface area contributed by atoms with E-state index in [9.17, 15) is 4.79 Å². The summed E-state index contributed by atoms with van der Waals surface area (Å²) in [5.41, 5.74) is 4.44. The lowest BCUT2D eigenvalue weighted by Crippen LogP contribution is -2.13. The summed E-state index contributed by atoms with van der Waals surface area (Å²) in [6, 6.07) is 14.2. The Bertz CT molecular complexity index is 1430. The molecule has 6 heteroatoms. The average Bonchev–Trinajstić information content (AvgIpc) is 3.20. The number of benzene rings is 2. The maximum atomic E-state index is 13.0. The summed E-state index contributed by atoms with van der Waals surface area (Å²) < 4.78 is 11.7. The summed E-state index contributed by atoms with van der Waals surface area (Å²) in [4.78, 5) is 23.0. The maximum Gasteiger partial charge on any atom is 0.260 e. The highest BCUT2D eigenvalue weighted by Gasteiger charge is 2.23. The van der Waals surface area contributed by atoms with Crippen molar-refractivity contribution in [1.82, 2.24) is 9.97 Å². The van der Waals surface area contributed by atoms with Gasteiger partial charge in [-0.3, -0.25) is 4.79 Å². The minimum atomic E-state index is -0.0601. The molecule has 1 unspecified atom stereocenters. The molecule has 0 saturated carbocycles. The molecule has 0 spiro atoms. The largest absolute Gasteiger partial charge is 0.493 e. The molecular formula is C29H32N2O3S. The zero-order valence-electron chi connectivity index (χ0n) is 21.0. The van der Waals surface area contributed by atoms with Crippen molar-refractivity contribution in [2.75, 3.05) is 7.11 Å². The van der Waals surface area contributed by atoms with Gasteiger partial charge in [0.25, 0.3) is 5.56 Å². The van der Waals surface area contributed by atoms with Crippen molar-refractivity contribution >= 4 is 21.6 Å². The second kappa shape index (κ2) is 9.15. The molecule has 5 nitrogen and oxygen atoms in total. The van der Waals surface area contributed by atoms with Gasteiger partial charge in [-0.15, -0.1) is 11.3 Å². The highest BCUT2D eigenvalue weighted by atomic mass is 32.1. The average molecular weight is 489 g/mol. The van der Waals surface area contributed by atoms with Gasteiger partial charge in [0.2, 0.25) is 0 Å². The monoisotopic (exact) mass is 488 g/mol. The Morgan fingerprint density at radius 1 is 1.11 bits per heavy atom. The Hall–Kier alpha value is -3.12. The highest BCUT2D eigenvalue weighted by Crippen LogP contribution is 2.37. The van der Waals surface area contributed by atoms with Crippen molar-refractivity contribution in [2.24, 2.45) is 5.92 Å². The van der Waals surface area contributed by atoms with Crippen LogP contribution in [-0.2, 0) is 24.9 Å². The Balaban J connectivity index is 1.39. The third-order valence-electron chi connectivity index (χ3n) is 6.82. The molecule has 2 aromatic carbocycles. The van der Waals surface area contributed by atoms with Crippen LogP contribution in [0.15, 0.2) is 47.3 Å². The van der Waals surface area contributed by atoms with Crippen molar-refractivity contribution in [3.8, 4) is 22.9 Å². The van der Waals surface area contributed by atoms with E-state index in [1.807, 2.05) is 18.2 Å². The Labute approximate surface area is 210 Å². The summed E-state index contributed by atoms with van der Waals surface area (Å²) in [6.45, 7) is 9.33. The van der Waals surface area contributed by atoms with Gasteiger partial charge >= 0.3 is 0 Å². The summed E-state index contributed by atoms with van der Waals surface area (Å²) in [6.07, 6.45) is 3.11. The zero-order valence-corrected chi connectivity index (χ0v) is 21.8. The van der Waals surface area contributed by atoms with Crippen molar-refractivity contribution in [2.45, 2.75) is 59.0 Å². The molecule has 4 aromatic rings. The molecule has 0 radical (unpaired) electrons. The first kappa shape index (κ1) is 23.6. The second-order valence-electron chi connectivity index (χ2n) is 10.5. The molecule has 2 aromatic heterocycles. The Kier molecular flexibility index (Phi) is 6.18. The number of aryl methyl sites for hydroxylation is 1. The van der Waals surface area contributed by atoms with Crippen LogP contribution in [0.3, 0.4) is 0 Å². The molecule has 1 aliphatic rings. The summed E-state index contributed by atoms with van der Waals surface area (Å²) in [5.74, 6) is 2.47. The number of hydrogen-bond acceptors (Lipinski definition) is 5. The molecule has 2 heterocycles. The summed E-state index contributed by atoms with van der Waals surface area (Å²) >= 11 is 1.66. The van der Waals surface area contributed by atoms with Crippen LogP contribution in [0.4, 0.5) is 0 Å². The highest BCUT2D eigenvalue weighted by molar-refractivity contribution is 7.18. The Morgan fingerprint density at radius 3 is 2.60 bits per heavy atom. The van der Waals surface area contributed by atoms with Crippen molar-refractivity contribution in [3.05, 3.63) is 74.4 Å². The lowest BCUT2D eigenvalue weighted by atomic mass is 9.87. The van der Waals surface area contributed by atoms with E-state index in [0.717, 1.165) is 40.6 Å². The predicted molar refractivity (Wildman–Crippen MR) is 143 cm³/mol. The van der Waals surface area contributed by atoms with E-state index in [0.29, 0.717) is 29.8 Å². The first-order chi connectivity index (χ1) is 16.7. The fourth-order valence-corrected chi connectivity index (χ4v) is 6.07. The minimum absolute atomic E-state index is 0.0601. The number of thiophene rings is 1. The number of nitrogens with zero attached hydrogens (tertiary/aromatic N) is 1. The molecule has 0 bridgehead atoms. The summed E-state index contributed by atoms with van der Waals surface area (Å²) in [5, 5.41) is 0.769. The predicted octanol–water partition coefficient (Wildman–Crippen LogP) is 6.66. The van der Waals surface area contributed by atoms with Crippen LogP contribution in [0.5, 0.6) is 11.5 Å². The van der Waals surface area contributed by atoms with Gasteiger partial charge in [-0.1, -0.05) is 52.0 Å². The van der Waals surface area contributed by atoms with Gasteiger partial charge in [-0.2, -0.15) is 0 Å². The van der Waals surface area contributed by atoms with Gasteiger partial charge in [0.1, 0.15) is 17.3 Å². The van der Waals surface area contributed by atoms with E-state index < -0.39 is 0 Å². The lowest BCUT2D eigenvalue weighted by molar-refractivity contribution is 0.284. The SMILES string of the molecule is COc1cc(-c2nc3sc4c(c3c(=O)[nH]2)CCC(C)C4)ccc1OCc1ccc(C(C)(C)C)cc1. The van der Waals surface area contributed by atoms with Gasteiger partial charge in [0.15, 0.2) is 11.5 Å². The number of methoxy groups -OCH3 is 1. The molecule has 1 atom stereocenters.